The van der Waals surface area contributed by atoms with Gasteiger partial charge in [0.2, 0.25) is 0 Å². The first kappa shape index (κ1) is 12.7. The monoisotopic (exact) mass is 222 g/mol. The maximum Gasteiger partial charge on any atom is 0.303 e. The van der Waals surface area contributed by atoms with Gasteiger partial charge in [0.25, 0.3) is 0 Å². The van der Waals surface area contributed by atoms with Crippen molar-refractivity contribution in [3.63, 3.8) is 0 Å². The average molecular weight is 222 g/mol. The standard InChI is InChI=1S/C13H18O3/c1-3-13(16,9-8-12(14)15)11-6-4-10(2)5-7-11/h4-7,16H,3,8-9H2,1-2H3,(H,14,15). The van der Waals surface area contributed by atoms with Crippen molar-refractivity contribution in [1.82, 2.24) is 0 Å². The molecule has 0 aromatic heterocycles. The van der Waals surface area contributed by atoms with Gasteiger partial charge in [0.15, 0.2) is 0 Å². The number of hydrogen-bond donors (Lipinski definition) is 2. The largest absolute Gasteiger partial charge is 0.481 e. The maximum atomic E-state index is 10.5. The van der Waals surface area contributed by atoms with E-state index in [1.54, 1.807) is 0 Å². The second-order valence-corrected chi connectivity index (χ2v) is 4.14. The molecular formula is C13H18O3. The molecule has 0 amide bonds. The lowest BCUT2D eigenvalue weighted by molar-refractivity contribution is -0.138. The highest BCUT2D eigenvalue weighted by atomic mass is 16.4. The van der Waals surface area contributed by atoms with Crippen molar-refractivity contribution in [3.8, 4) is 0 Å². The van der Waals surface area contributed by atoms with Gasteiger partial charge in [0, 0.05) is 6.42 Å². The topological polar surface area (TPSA) is 57.5 Å². The maximum absolute atomic E-state index is 10.5. The smallest absolute Gasteiger partial charge is 0.303 e. The molecule has 0 heterocycles. The predicted molar refractivity (Wildman–Crippen MR) is 62.2 cm³/mol. The van der Waals surface area contributed by atoms with E-state index >= 15 is 0 Å². The number of carboxylic acids is 1. The zero-order valence-corrected chi connectivity index (χ0v) is 9.73. The summed E-state index contributed by atoms with van der Waals surface area (Å²) in [7, 11) is 0. The first-order valence-corrected chi connectivity index (χ1v) is 5.49. The van der Waals surface area contributed by atoms with Crippen LogP contribution in [0.25, 0.3) is 0 Å². The molecule has 16 heavy (non-hydrogen) atoms. The quantitative estimate of drug-likeness (QED) is 0.804. The lowest BCUT2D eigenvalue weighted by atomic mass is 9.86. The molecule has 0 aliphatic rings. The SMILES string of the molecule is CCC(O)(CCC(=O)O)c1ccc(C)cc1. The van der Waals surface area contributed by atoms with Crippen LogP contribution < -0.4 is 0 Å². The van der Waals surface area contributed by atoms with Crippen molar-refractivity contribution in [2.75, 3.05) is 0 Å². The fourth-order valence-corrected chi connectivity index (χ4v) is 1.70. The zero-order valence-electron chi connectivity index (χ0n) is 9.73. The van der Waals surface area contributed by atoms with Gasteiger partial charge in [-0.1, -0.05) is 36.8 Å². The molecule has 0 spiro atoms. The summed E-state index contributed by atoms with van der Waals surface area (Å²) in [5.41, 5.74) is 0.897. The molecule has 0 saturated heterocycles. The van der Waals surface area contributed by atoms with Crippen LogP contribution in [0.2, 0.25) is 0 Å². The van der Waals surface area contributed by atoms with Gasteiger partial charge in [-0.3, -0.25) is 4.79 Å². The molecular weight excluding hydrogens is 204 g/mol. The summed E-state index contributed by atoms with van der Waals surface area (Å²) in [6, 6.07) is 7.58. The van der Waals surface area contributed by atoms with E-state index in [1.165, 1.54) is 0 Å². The van der Waals surface area contributed by atoms with Gasteiger partial charge in [0.05, 0.1) is 5.60 Å². The molecule has 0 aliphatic carbocycles. The number of carbonyl (C=O) groups is 1. The van der Waals surface area contributed by atoms with E-state index in [-0.39, 0.29) is 12.8 Å². The van der Waals surface area contributed by atoms with Gasteiger partial charge in [-0.25, -0.2) is 0 Å². The van der Waals surface area contributed by atoms with E-state index in [4.69, 9.17) is 5.11 Å². The van der Waals surface area contributed by atoms with E-state index in [2.05, 4.69) is 0 Å². The van der Waals surface area contributed by atoms with Crippen molar-refractivity contribution >= 4 is 5.97 Å². The molecule has 1 rings (SSSR count). The fraction of sp³-hybridized carbons (Fsp3) is 0.462. The Hall–Kier alpha value is -1.35. The van der Waals surface area contributed by atoms with Gasteiger partial charge in [-0.15, -0.1) is 0 Å². The highest BCUT2D eigenvalue weighted by molar-refractivity contribution is 5.66. The lowest BCUT2D eigenvalue weighted by Gasteiger charge is -2.26. The fourth-order valence-electron chi connectivity index (χ4n) is 1.70. The summed E-state index contributed by atoms with van der Waals surface area (Å²) >= 11 is 0. The van der Waals surface area contributed by atoms with Crippen molar-refractivity contribution < 1.29 is 15.0 Å². The Bertz CT molecular complexity index is 356. The summed E-state index contributed by atoms with van der Waals surface area (Å²) in [6.45, 7) is 3.84. The van der Waals surface area contributed by atoms with Crippen LogP contribution in [0.3, 0.4) is 0 Å². The Kier molecular flexibility index (Phi) is 4.07. The van der Waals surface area contributed by atoms with Gasteiger partial charge in [0.1, 0.15) is 0 Å². The molecule has 3 heteroatoms. The van der Waals surface area contributed by atoms with Crippen molar-refractivity contribution in [3.05, 3.63) is 35.4 Å². The first-order chi connectivity index (χ1) is 7.48. The molecule has 1 atom stereocenters. The van der Waals surface area contributed by atoms with Crippen LogP contribution in [-0.2, 0) is 10.4 Å². The van der Waals surface area contributed by atoms with Gasteiger partial charge < -0.3 is 10.2 Å². The van der Waals surface area contributed by atoms with Gasteiger partial charge in [-0.05, 0) is 25.3 Å². The second-order valence-electron chi connectivity index (χ2n) is 4.14. The third-order valence-corrected chi connectivity index (χ3v) is 2.93. The Labute approximate surface area is 95.7 Å². The summed E-state index contributed by atoms with van der Waals surface area (Å²) in [5, 5.41) is 19.0. The second kappa shape index (κ2) is 5.12. The Balaban J connectivity index is 2.86. The summed E-state index contributed by atoms with van der Waals surface area (Å²) in [6.07, 6.45) is 0.753. The third-order valence-electron chi connectivity index (χ3n) is 2.93. The van der Waals surface area contributed by atoms with Crippen molar-refractivity contribution in [1.29, 1.82) is 0 Å². The minimum Gasteiger partial charge on any atom is -0.481 e. The van der Waals surface area contributed by atoms with Crippen LogP contribution >= 0.6 is 0 Å². The number of aliphatic hydroxyl groups is 1. The minimum atomic E-state index is -1.02. The molecule has 3 nitrogen and oxygen atoms in total. The molecule has 0 saturated carbocycles. The first-order valence-electron chi connectivity index (χ1n) is 5.49. The molecule has 1 aromatic rings. The van der Waals surface area contributed by atoms with E-state index in [1.807, 2.05) is 38.1 Å². The molecule has 2 N–H and O–H groups in total. The molecule has 88 valence electrons. The molecule has 0 radical (unpaired) electrons. The summed E-state index contributed by atoms with van der Waals surface area (Å²) in [5.74, 6) is -0.876. The predicted octanol–water partition coefficient (Wildman–Crippen LogP) is 2.46. The third kappa shape index (κ3) is 3.07. The van der Waals surface area contributed by atoms with Crippen LogP contribution in [0.4, 0.5) is 0 Å². The van der Waals surface area contributed by atoms with E-state index in [0.717, 1.165) is 11.1 Å². The summed E-state index contributed by atoms with van der Waals surface area (Å²) < 4.78 is 0. The molecule has 0 aliphatic heterocycles. The minimum absolute atomic E-state index is 0.0157. The molecule has 1 unspecified atom stereocenters. The number of carboxylic acid groups (broad SMARTS) is 1. The van der Waals surface area contributed by atoms with E-state index in [9.17, 15) is 9.90 Å². The number of rotatable bonds is 5. The van der Waals surface area contributed by atoms with Crippen LogP contribution in [-0.4, -0.2) is 16.2 Å². The number of benzene rings is 1. The van der Waals surface area contributed by atoms with Crippen molar-refractivity contribution in [2.24, 2.45) is 0 Å². The number of hydrogen-bond acceptors (Lipinski definition) is 2. The number of aryl methyl sites for hydroxylation is 1. The Morgan fingerprint density at radius 2 is 1.88 bits per heavy atom. The van der Waals surface area contributed by atoms with Crippen LogP contribution in [0.5, 0.6) is 0 Å². The Morgan fingerprint density at radius 3 is 2.31 bits per heavy atom. The highest BCUT2D eigenvalue weighted by Crippen LogP contribution is 2.30. The van der Waals surface area contributed by atoms with Crippen LogP contribution in [0, 0.1) is 6.92 Å². The van der Waals surface area contributed by atoms with Gasteiger partial charge in [-0.2, -0.15) is 0 Å². The molecule has 1 aromatic carbocycles. The number of aliphatic carboxylic acids is 1. The van der Waals surface area contributed by atoms with Crippen LogP contribution in [0.1, 0.15) is 37.3 Å². The van der Waals surface area contributed by atoms with Crippen molar-refractivity contribution in [2.45, 2.75) is 38.7 Å². The van der Waals surface area contributed by atoms with Crippen LogP contribution in [0.15, 0.2) is 24.3 Å². The van der Waals surface area contributed by atoms with Gasteiger partial charge >= 0.3 is 5.97 Å². The van der Waals surface area contributed by atoms with E-state index in [0.29, 0.717) is 6.42 Å². The lowest BCUT2D eigenvalue weighted by Crippen LogP contribution is -2.25. The molecule has 0 bridgehead atoms. The summed E-state index contributed by atoms with van der Waals surface area (Å²) in [4.78, 5) is 10.5. The van der Waals surface area contributed by atoms with E-state index < -0.39 is 11.6 Å². The molecule has 0 fully saturated rings. The highest BCUT2D eigenvalue weighted by Gasteiger charge is 2.27. The Morgan fingerprint density at radius 1 is 1.31 bits per heavy atom. The normalized spacial score (nSPS) is 14.4. The zero-order chi connectivity index (χ0) is 12.2. The average Bonchev–Trinajstić information content (AvgIpc) is 2.27.